The molecule has 4 unspecified atom stereocenters. The first-order valence-corrected chi connectivity index (χ1v) is 20.1. The number of anilines is 1. The van der Waals surface area contributed by atoms with Crippen molar-refractivity contribution in [3.63, 3.8) is 0 Å². The fraction of sp³-hybridized carbons (Fsp3) is 0.613. The molecule has 1 fully saturated rings. The Morgan fingerprint density at radius 1 is 1.14 bits per heavy atom. The van der Waals surface area contributed by atoms with Gasteiger partial charge in [-0.2, -0.15) is 15.1 Å². The summed E-state index contributed by atoms with van der Waals surface area (Å²) in [6.07, 6.45) is -1.45. The summed E-state index contributed by atoms with van der Waals surface area (Å²) in [4.78, 5) is 37.3. The highest BCUT2D eigenvalue weighted by atomic mass is 35.5. The van der Waals surface area contributed by atoms with Crippen molar-refractivity contribution in [2.24, 2.45) is 11.8 Å². The predicted octanol–water partition coefficient (Wildman–Crippen LogP) is 5.75. The average molecular weight is 780 g/mol. The number of carbonyl (C=O) groups excluding carboxylic acids is 1. The molecule has 0 amide bonds. The lowest BCUT2D eigenvalue weighted by Gasteiger charge is -2.31. The third-order valence-electron chi connectivity index (χ3n) is 8.35. The van der Waals surface area contributed by atoms with Crippen LogP contribution >= 0.6 is 27.2 Å². The third kappa shape index (κ3) is 11.6. The van der Waals surface area contributed by atoms with Gasteiger partial charge in [-0.1, -0.05) is 78.5 Å². The van der Waals surface area contributed by atoms with Gasteiger partial charge in [0.15, 0.2) is 23.9 Å². The predicted molar refractivity (Wildman–Crippen MR) is 186 cm³/mol. The summed E-state index contributed by atoms with van der Waals surface area (Å²) in [5, 5.41) is 12.6. The number of phosphoric acid groups is 1. The van der Waals surface area contributed by atoms with E-state index in [4.69, 9.17) is 40.2 Å². The number of phosphoric ester groups is 1. The number of hydrogen-bond donors (Lipinski definition) is 3. The molecule has 1 aliphatic rings. The van der Waals surface area contributed by atoms with Gasteiger partial charge in [-0.15, -0.1) is 0 Å². The number of esters is 1. The van der Waals surface area contributed by atoms with Crippen LogP contribution in [-0.4, -0.2) is 68.2 Å². The Hall–Kier alpha value is -2.72. The van der Waals surface area contributed by atoms with E-state index in [1.807, 2.05) is 0 Å². The molecule has 1 aliphatic heterocycles. The molecule has 3 aromatic rings. The molecule has 286 valence electrons. The van der Waals surface area contributed by atoms with Crippen LogP contribution in [0.15, 0.2) is 36.7 Å². The molecule has 2 aromatic heterocycles. The molecule has 1 aromatic carbocycles. The molecule has 1 saturated heterocycles. The van der Waals surface area contributed by atoms with Gasteiger partial charge in [-0.25, -0.2) is 18.3 Å². The van der Waals surface area contributed by atoms with E-state index >= 15 is 4.39 Å². The third-order valence-corrected chi connectivity index (χ3v) is 11.7. The molecule has 3 heterocycles. The first kappa shape index (κ1) is 42.7. The molecular formula is C31H47ClFN6O10P2-. The van der Waals surface area contributed by atoms with Crippen LogP contribution in [0.2, 0.25) is 5.28 Å². The Morgan fingerprint density at radius 2 is 1.78 bits per heavy atom. The smallest absolute Gasteiger partial charge is 0.465 e. The Balaban J connectivity index is 0.000000908. The van der Waals surface area contributed by atoms with Gasteiger partial charge < -0.3 is 34.3 Å². The largest absolute Gasteiger partial charge is 0.756 e. The summed E-state index contributed by atoms with van der Waals surface area (Å²) in [5.41, 5.74) is 5.88. The molecule has 0 radical (unpaired) electrons. The summed E-state index contributed by atoms with van der Waals surface area (Å²) in [6, 6.07) is 6.17. The number of aliphatic hydroxyl groups is 1. The minimum Gasteiger partial charge on any atom is -0.756 e. The first-order chi connectivity index (χ1) is 24.1. The van der Waals surface area contributed by atoms with Crippen molar-refractivity contribution in [2.45, 2.75) is 97.9 Å². The summed E-state index contributed by atoms with van der Waals surface area (Å²) >= 11 is 5.86. The molecule has 4 rings (SSSR count). The highest BCUT2D eigenvalue weighted by Crippen LogP contribution is 2.59. The van der Waals surface area contributed by atoms with Crippen molar-refractivity contribution >= 4 is 50.1 Å². The van der Waals surface area contributed by atoms with Crippen LogP contribution in [0.5, 0.6) is 5.75 Å². The Kier molecular flexibility index (Phi) is 16.2. The van der Waals surface area contributed by atoms with E-state index in [2.05, 4.69) is 40.8 Å². The molecule has 16 nitrogen and oxygen atoms in total. The Labute approximate surface area is 301 Å². The van der Waals surface area contributed by atoms with E-state index in [1.54, 1.807) is 26.8 Å². The second-order valence-electron chi connectivity index (χ2n) is 11.8. The van der Waals surface area contributed by atoms with Gasteiger partial charge in [0.2, 0.25) is 5.28 Å². The number of halogens is 2. The summed E-state index contributed by atoms with van der Waals surface area (Å²) < 4.78 is 68.8. The number of benzene rings is 1. The first-order valence-electron chi connectivity index (χ1n) is 16.7. The maximum atomic E-state index is 15.2. The number of alkyl halides is 1. The van der Waals surface area contributed by atoms with Gasteiger partial charge >= 0.3 is 13.7 Å². The zero-order valence-electron chi connectivity index (χ0n) is 29.4. The molecule has 0 aliphatic carbocycles. The SMILES string of the molecule is CCC(CC)CC.CCOC(=O)[C@@H](NP(=O)(Oc1ccccc1)OP(=O)([O-])OC[C@H]1O[C@@H](n2cnc3c(N)nc(Cl)nc32)C(F)[C@H]1O)C(C)CC. The van der Waals surface area contributed by atoms with Crippen LogP contribution < -0.4 is 20.2 Å². The van der Waals surface area contributed by atoms with Crippen molar-refractivity contribution in [3.05, 3.63) is 41.9 Å². The number of imidazole rings is 1. The highest BCUT2D eigenvalue weighted by molar-refractivity contribution is 7.63. The van der Waals surface area contributed by atoms with Crippen LogP contribution in [0, 0.1) is 11.8 Å². The quantitative estimate of drug-likeness (QED) is 0.0843. The summed E-state index contributed by atoms with van der Waals surface area (Å²) in [5.74, 6) is -0.449. The summed E-state index contributed by atoms with van der Waals surface area (Å²) in [6.45, 7) is 10.8. The van der Waals surface area contributed by atoms with Crippen LogP contribution in [0.3, 0.4) is 0 Å². The van der Waals surface area contributed by atoms with E-state index in [-0.39, 0.29) is 34.6 Å². The van der Waals surface area contributed by atoms with Crippen LogP contribution in [-0.2, 0) is 32.2 Å². The van der Waals surface area contributed by atoms with Crippen LogP contribution in [0.4, 0.5) is 10.2 Å². The zero-order valence-corrected chi connectivity index (χ0v) is 31.9. The lowest BCUT2D eigenvalue weighted by molar-refractivity contribution is -0.220. The highest BCUT2D eigenvalue weighted by Gasteiger charge is 2.47. The molecule has 0 bridgehead atoms. The lowest BCUT2D eigenvalue weighted by atomic mass is 10.0. The normalized spacial score (nSPS) is 22.4. The number of para-hydroxylation sites is 1. The number of nitrogens with zero attached hydrogens (tertiary/aromatic N) is 4. The number of fused-ring (bicyclic) bond motifs is 1. The van der Waals surface area contributed by atoms with Gasteiger partial charge in [0.25, 0.3) is 7.82 Å². The number of ether oxygens (including phenoxy) is 2. The topological polar surface area (TPSA) is 222 Å². The number of hydrogen-bond acceptors (Lipinski definition) is 14. The number of aliphatic hydroxyl groups excluding tert-OH is 1. The van der Waals surface area contributed by atoms with E-state index in [9.17, 15) is 23.9 Å². The fourth-order valence-corrected chi connectivity index (χ4v) is 8.30. The maximum Gasteiger partial charge on any atom is 0.465 e. The van der Waals surface area contributed by atoms with E-state index in [0.29, 0.717) is 6.42 Å². The number of nitrogens with one attached hydrogen (secondary N) is 1. The minimum atomic E-state index is -5.56. The molecule has 0 saturated carbocycles. The van der Waals surface area contributed by atoms with Gasteiger partial charge in [-0.3, -0.25) is 13.9 Å². The maximum absolute atomic E-state index is 15.2. The van der Waals surface area contributed by atoms with Crippen molar-refractivity contribution in [2.75, 3.05) is 18.9 Å². The van der Waals surface area contributed by atoms with Gasteiger partial charge in [0.1, 0.15) is 29.5 Å². The molecule has 8 atom stereocenters. The van der Waals surface area contributed by atoms with Crippen LogP contribution in [0.1, 0.15) is 73.5 Å². The minimum absolute atomic E-state index is 0.00380. The van der Waals surface area contributed by atoms with Crippen molar-refractivity contribution in [3.8, 4) is 5.75 Å². The monoisotopic (exact) mass is 779 g/mol. The van der Waals surface area contributed by atoms with E-state index in [1.165, 1.54) is 43.5 Å². The summed E-state index contributed by atoms with van der Waals surface area (Å²) in [7, 11) is -10.5. The number of aromatic nitrogens is 4. The Morgan fingerprint density at radius 3 is 2.35 bits per heavy atom. The van der Waals surface area contributed by atoms with Crippen molar-refractivity contribution in [1.29, 1.82) is 0 Å². The van der Waals surface area contributed by atoms with E-state index < -0.39 is 64.7 Å². The fourth-order valence-electron chi connectivity index (χ4n) is 5.09. The van der Waals surface area contributed by atoms with Crippen molar-refractivity contribution in [1.82, 2.24) is 24.6 Å². The standard InChI is InChI=1S/C24H32ClFN6O10P2.C7H16/c1-4-13(3)17(23(34)38-5-2)31-43(35,41-14-9-7-6-8-10-14)42-44(36,37)39-11-15-19(33)16(26)22(40-15)32-12-28-18-20(27)29-24(25)30-21(18)32;1-4-7(5-2)6-3/h6-10,12-13,15-17,19,22,33H,4-5,11H2,1-3H3,(H,31,35)(H,36,37)(H2,27,29,30);7H,4-6H2,1-3H3/p-1/t13?,15-,16?,17+,19+,22-,43?;/m1./s1. The van der Waals surface area contributed by atoms with Gasteiger partial charge in [0, 0.05) is 0 Å². The number of nitrogen functional groups attached to an aromatic ring is 1. The zero-order chi connectivity index (χ0) is 37.9. The Bertz CT molecular complexity index is 1650. The molecule has 51 heavy (non-hydrogen) atoms. The molecule has 20 heteroatoms. The van der Waals surface area contributed by atoms with Gasteiger partial charge in [-0.05, 0) is 42.5 Å². The van der Waals surface area contributed by atoms with Gasteiger partial charge in [0.05, 0.1) is 19.5 Å². The van der Waals surface area contributed by atoms with Crippen LogP contribution in [0.25, 0.3) is 11.2 Å². The number of carbonyl (C=O) groups is 1. The lowest BCUT2D eigenvalue weighted by Crippen LogP contribution is -2.42. The molecule has 4 N–H and O–H groups in total. The molecule has 0 spiro atoms. The number of rotatable bonds is 17. The second kappa shape index (κ2) is 19.4. The average Bonchev–Trinajstić information content (AvgIpc) is 3.63. The number of nitrogens with two attached hydrogens (primary N) is 1. The molecular weight excluding hydrogens is 733 g/mol. The second-order valence-corrected chi connectivity index (χ2v) is 15.3. The van der Waals surface area contributed by atoms with E-state index in [0.717, 1.165) is 16.8 Å². The van der Waals surface area contributed by atoms with Crippen molar-refractivity contribution < 1.29 is 51.1 Å².